The predicted molar refractivity (Wildman–Crippen MR) is 167 cm³/mol. The lowest BCUT2D eigenvalue weighted by atomic mass is 9.87. The van der Waals surface area contributed by atoms with Gasteiger partial charge in [-0.15, -0.1) is 23.1 Å². The number of esters is 3. The van der Waals surface area contributed by atoms with Gasteiger partial charge in [-0.1, -0.05) is 75.7 Å². The van der Waals surface area contributed by atoms with Crippen molar-refractivity contribution < 1.29 is 46.6 Å². The minimum atomic E-state index is -4.49. The van der Waals surface area contributed by atoms with E-state index in [9.17, 15) is 32.4 Å². The van der Waals surface area contributed by atoms with E-state index in [1.54, 1.807) is 17.5 Å². The number of nitrogens with zero attached hydrogens (tertiary/aromatic N) is 1. The molecule has 0 spiro atoms. The summed E-state index contributed by atoms with van der Waals surface area (Å²) in [5.74, 6) is -7.14. The van der Waals surface area contributed by atoms with Crippen molar-refractivity contribution in [3.8, 4) is 0 Å². The number of β-lactam (4-membered cyclic amide) rings is 1. The first-order chi connectivity index (χ1) is 20.2. The summed E-state index contributed by atoms with van der Waals surface area (Å²) in [6, 6.07) is 3.37. The van der Waals surface area contributed by atoms with Crippen LogP contribution in [0.25, 0.3) is 0 Å². The van der Waals surface area contributed by atoms with E-state index in [2.05, 4.69) is 5.32 Å². The highest BCUT2D eigenvalue weighted by atomic mass is 35.6. The van der Waals surface area contributed by atoms with E-state index in [0.717, 1.165) is 23.6 Å². The number of nitrogens with one attached hydrogen (secondary N) is 1. The van der Waals surface area contributed by atoms with Crippen LogP contribution < -0.4 is 5.32 Å². The minimum Gasteiger partial charge on any atom is -0.461 e. The molecule has 0 aliphatic carbocycles. The van der Waals surface area contributed by atoms with Gasteiger partial charge in [-0.25, -0.2) is 13.2 Å². The number of carbonyl (C=O) groups is 5. The molecule has 2 aliphatic rings. The molecule has 1 aromatic heterocycles. The van der Waals surface area contributed by atoms with Crippen LogP contribution >= 0.6 is 92.7 Å². The van der Waals surface area contributed by atoms with Crippen LogP contribution in [-0.4, -0.2) is 98.6 Å². The maximum absolute atomic E-state index is 13.9. The van der Waals surface area contributed by atoms with Gasteiger partial charge in [0.05, 0.1) is 12.2 Å². The number of halogens is 6. The Bertz CT molecular complexity index is 1440. The van der Waals surface area contributed by atoms with Gasteiger partial charge < -0.3 is 19.5 Å². The van der Waals surface area contributed by atoms with Crippen LogP contribution in [0, 0.1) is 0 Å². The average Bonchev–Trinajstić information content (AvgIpc) is 3.39. The number of sulfone groups is 1. The average molecular weight is 795 g/mol. The van der Waals surface area contributed by atoms with Crippen LogP contribution in [-0.2, 0) is 54.4 Å². The quantitative estimate of drug-likeness (QED) is 0.143. The van der Waals surface area contributed by atoms with Crippen molar-refractivity contribution in [1.82, 2.24) is 10.2 Å². The van der Waals surface area contributed by atoms with Crippen LogP contribution in [0.2, 0.25) is 0 Å². The molecule has 3 rings (SSSR count). The van der Waals surface area contributed by atoms with Gasteiger partial charge in [0, 0.05) is 23.1 Å². The predicted octanol–water partition coefficient (Wildman–Crippen LogP) is 3.12. The third-order valence-electron chi connectivity index (χ3n) is 5.72. The fourth-order valence-corrected chi connectivity index (χ4v) is 8.31. The molecule has 21 heteroatoms. The Labute approximate surface area is 289 Å². The second kappa shape index (κ2) is 14.7. The number of thiophene rings is 1. The lowest BCUT2D eigenvalue weighted by Crippen LogP contribution is -2.82. The molecule has 1 unspecified atom stereocenters. The van der Waals surface area contributed by atoms with Crippen molar-refractivity contribution in [3.63, 3.8) is 0 Å². The lowest BCUT2D eigenvalue weighted by Gasteiger charge is -2.57. The highest BCUT2D eigenvalue weighted by Crippen LogP contribution is 2.47. The van der Waals surface area contributed by atoms with E-state index in [-0.39, 0.29) is 23.4 Å². The highest BCUT2D eigenvalue weighted by Gasteiger charge is 2.67. The number of thioether (sulfide) groups is 1. The second-order valence-corrected chi connectivity index (χ2v) is 18.5. The van der Waals surface area contributed by atoms with Crippen LogP contribution in [0.4, 0.5) is 0 Å². The minimum absolute atomic E-state index is 0.0617. The number of hydrogen-bond acceptors (Lipinski definition) is 12. The number of ether oxygens (including phenoxy) is 3. The molecule has 3 heterocycles. The maximum atomic E-state index is 13.9. The summed E-state index contributed by atoms with van der Waals surface area (Å²) < 4.78 is 37.3. The van der Waals surface area contributed by atoms with Crippen molar-refractivity contribution in [3.05, 3.63) is 33.7 Å². The summed E-state index contributed by atoms with van der Waals surface area (Å²) >= 11 is 36.0. The summed E-state index contributed by atoms with van der Waals surface area (Å²) in [6.45, 7) is -0.738. The Balaban J connectivity index is 1.96. The zero-order valence-corrected chi connectivity index (χ0v) is 29.3. The van der Waals surface area contributed by atoms with E-state index in [1.807, 2.05) is 0 Å². The number of rotatable bonds is 12. The molecule has 1 fully saturated rings. The molecule has 2 atom stereocenters. The van der Waals surface area contributed by atoms with Crippen LogP contribution in [0.15, 0.2) is 28.8 Å². The van der Waals surface area contributed by atoms with Gasteiger partial charge in [0.15, 0.2) is 15.4 Å². The molecule has 0 aromatic carbocycles. The van der Waals surface area contributed by atoms with Crippen LogP contribution in [0.3, 0.4) is 0 Å². The van der Waals surface area contributed by atoms with E-state index >= 15 is 0 Å². The summed E-state index contributed by atoms with van der Waals surface area (Å²) in [4.78, 5) is 65.5. The molecule has 0 bridgehead atoms. The molecular weight excluding hydrogens is 773 g/mol. The maximum Gasteiger partial charge on any atom is 0.355 e. The molecule has 2 amide bonds. The smallest absolute Gasteiger partial charge is 0.355 e. The molecule has 2 aliphatic heterocycles. The molecule has 244 valence electrons. The van der Waals surface area contributed by atoms with Crippen molar-refractivity contribution in [2.45, 2.75) is 31.8 Å². The number of amides is 2. The Kier molecular flexibility index (Phi) is 12.5. The third-order valence-corrected chi connectivity index (χ3v) is 10.3. The SMILES string of the molecule is CC(=O)OCC1=C(C(=O)OCC(Cl)(Cl)Cl)N2C(=O)C(CS(=O)(=O)CC(=O)OCC(Cl)(Cl)Cl)(NC(=O)Cc3cccs3)[C@H]2SC1. The Morgan fingerprint density at radius 3 is 2.27 bits per heavy atom. The van der Waals surface area contributed by atoms with Gasteiger partial charge in [0.1, 0.15) is 36.6 Å². The van der Waals surface area contributed by atoms with Crippen molar-refractivity contribution >= 4 is 132 Å². The van der Waals surface area contributed by atoms with Crippen LogP contribution in [0.1, 0.15) is 11.8 Å². The number of alkyl halides is 6. The van der Waals surface area contributed by atoms with Gasteiger partial charge in [0.25, 0.3) is 5.91 Å². The van der Waals surface area contributed by atoms with Gasteiger partial charge >= 0.3 is 17.9 Å². The molecule has 0 saturated carbocycles. The summed E-state index contributed by atoms with van der Waals surface area (Å²) in [5, 5.41) is 3.06. The largest absolute Gasteiger partial charge is 0.461 e. The first kappa shape index (κ1) is 37.3. The summed E-state index contributed by atoms with van der Waals surface area (Å²) in [6.07, 6.45) is -0.193. The Hall–Kier alpha value is -1.17. The van der Waals surface area contributed by atoms with Gasteiger partial charge in [-0.05, 0) is 11.4 Å². The monoisotopic (exact) mass is 792 g/mol. The summed E-state index contributed by atoms with van der Waals surface area (Å²) in [7, 11) is -4.49. The van der Waals surface area contributed by atoms with E-state index in [1.165, 1.54) is 11.3 Å². The number of fused-ring (bicyclic) bond motifs is 1. The van der Waals surface area contributed by atoms with Crippen molar-refractivity contribution in [2.75, 3.05) is 37.1 Å². The number of carbonyl (C=O) groups excluding carboxylic acids is 5. The van der Waals surface area contributed by atoms with Gasteiger partial charge in [-0.2, -0.15) is 0 Å². The Morgan fingerprint density at radius 2 is 1.70 bits per heavy atom. The van der Waals surface area contributed by atoms with E-state index < -0.39 is 89.4 Å². The molecule has 12 nitrogen and oxygen atoms in total. The van der Waals surface area contributed by atoms with Gasteiger partial charge in [0.2, 0.25) is 13.5 Å². The second-order valence-electron chi connectivity index (χ2n) is 9.35. The van der Waals surface area contributed by atoms with Gasteiger partial charge in [-0.3, -0.25) is 24.1 Å². The topological polar surface area (TPSA) is 162 Å². The zero-order chi connectivity index (χ0) is 33.1. The fourth-order valence-electron chi connectivity index (χ4n) is 4.12. The molecule has 1 aromatic rings. The van der Waals surface area contributed by atoms with E-state index in [4.69, 9.17) is 83.8 Å². The molecule has 0 radical (unpaired) electrons. The summed E-state index contributed by atoms with van der Waals surface area (Å²) in [5.41, 5.74) is -2.38. The normalized spacial score (nSPS) is 20.4. The lowest BCUT2D eigenvalue weighted by molar-refractivity contribution is -0.159. The highest BCUT2D eigenvalue weighted by molar-refractivity contribution is 8.00. The first-order valence-corrected chi connectivity index (χ1v) is 18.1. The fraction of sp³-hybridized carbons (Fsp3) is 0.522. The first-order valence-electron chi connectivity index (χ1n) is 12.0. The van der Waals surface area contributed by atoms with Crippen molar-refractivity contribution in [2.24, 2.45) is 0 Å². The molecule has 1 saturated heterocycles. The molecule has 1 N–H and O–H groups in total. The Morgan fingerprint density at radius 1 is 1.07 bits per heavy atom. The molecular formula is C23H22Cl6N2O10S3. The zero-order valence-electron chi connectivity index (χ0n) is 22.3. The van der Waals surface area contributed by atoms with Crippen molar-refractivity contribution in [1.29, 1.82) is 0 Å². The number of hydrogen-bond donors (Lipinski definition) is 1. The van der Waals surface area contributed by atoms with E-state index in [0.29, 0.717) is 4.88 Å². The van der Waals surface area contributed by atoms with Crippen LogP contribution in [0.5, 0.6) is 0 Å². The molecule has 44 heavy (non-hydrogen) atoms. The third kappa shape index (κ3) is 10.2. The standard InChI is InChI=1S/C23H22Cl6N2O10S3/c1-12(32)39-6-13-7-43-20-21(30-15(33)5-14-3-2-4-42-14,11-44(37,38)8-16(34)40-9-22(24,25)26)19(36)31(20)17(13)18(35)41-10-23(27,28)29/h2-4,20H,5-11H2,1H3,(H,30,33)/t20-,21?/m1/s1.